The molecule has 0 bridgehead atoms. The summed E-state index contributed by atoms with van der Waals surface area (Å²) in [6, 6.07) is -0.834. The van der Waals surface area contributed by atoms with Crippen LogP contribution in [-0.4, -0.2) is 44.8 Å². The smallest absolute Gasteiger partial charge is 0.303 e. The zero-order chi connectivity index (χ0) is 25.7. The van der Waals surface area contributed by atoms with Crippen molar-refractivity contribution in [2.75, 3.05) is 0 Å². The number of hydrogen-bond donors (Lipinski definition) is 4. The van der Waals surface area contributed by atoms with Crippen molar-refractivity contribution in [2.45, 2.75) is 154 Å². The first-order valence-electron chi connectivity index (χ1n) is 13.6. The van der Waals surface area contributed by atoms with Gasteiger partial charge in [-0.05, 0) is 33.1 Å². The van der Waals surface area contributed by atoms with Gasteiger partial charge < -0.3 is 25.4 Å². The first kappa shape index (κ1) is 32.5. The Hall–Kier alpha value is -1.47. The van der Waals surface area contributed by atoms with E-state index in [1.807, 2.05) is 0 Å². The molecule has 7 heteroatoms. The van der Waals surface area contributed by atoms with E-state index in [4.69, 9.17) is 5.11 Å². The number of ketones is 1. The molecule has 0 saturated heterocycles. The van der Waals surface area contributed by atoms with E-state index in [1.54, 1.807) is 0 Å². The summed E-state index contributed by atoms with van der Waals surface area (Å²) < 4.78 is 0. The fraction of sp³-hybridized carbons (Fsp3) is 0.889. The quantitative estimate of drug-likeness (QED) is 0.103. The fourth-order valence-electron chi connectivity index (χ4n) is 4.13. The second-order valence-corrected chi connectivity index (χ2v) is 10.0. The molecule has 0 radical (unpaired) electrons. The zero-order valence-electron chi connectivity index (χ0n) is 21.8. The van der Waals surface area contributed by atoms with E-state index >= 15 is 0 Å². The summed E-state index contributed by atoms with van der Waals surface area (Å²) in [5, 5.41) is 30.8. The highest BCUT2D eigenvalue weighted by Gasteiger charge is 2.30. The molecule has 0 spiro atoms. The van der Waals surface area contributed by atoms with Crippen LogP contribution in [0.4, 0.5) is 0 Å². The maximum absolute atomic E-state index is 12.1. The molecule has 0 unspecified atom stereocenters. The first-order chi connectivity index (χ1) is 16.1. The number of carboxylic acids is 1. The number of nitrogens with one attached hydrogen (secondary N) is 1. The average Bonchev–Trinajstić information content (AvgIpc) is 2.74. The number of carbonyl (C=O) groups excluding carboxylic acids is 2. The van der Waals surface area contributed by atoms with Crippen molar-refractivity contribution in [1.29, 1.82) is 0 Å². The fourth-order valence-corrected chi connectivity index (χ4v) is 4.13. The van der Waals surface area contributed by atoms with Gasteiger partial charge in [-0.15, -0.1) is 0 Å². The van der Waals surface area contributed by atoms with E-state index in [0.29, 0.717) is 12.8 Å². The molecule has 0 aliphatic carbocycles. The summed E-state index contributed by atoms with van der Waals surface area (Å²) in [6.45, 7) is 2.68. The second kappa shape index (κ2) is 20.9. The number of unbranched alkanes of at least 4 members (excludes halogenated alkanes) is 15. The topological polar surface area (TPSA) is 124 Å². The maximum atomic E-state index is 12.1. The van der Waals surface area contributed by atoms with E-state index < -0.39 is 17.8 Å². The number of carboxylic acid groups (broad SMARTS) is 1. The van der Waals surface area contributed by atoms with E-state index in [2.05, 4.69) is 5.32 Å². The van der Waals surface area contributed by atoms with Crippen molar-refractivity contribution >= 4 is 17.7 Å². The van der Waals surface area contributed by atoms with Gasteiger partial charge in [0.1, 0.15) is 5.78 Å². The minimum atomic E-state index is -2.03. The third-order valence-corrected chi connectivity index (χ3v) is 6.32. The number of rotatable bonds is 24. The Labute approximate surface area is 207 Å². The van der Waals surface area contributed by atoms with E-state index in [-0.39, 0.29) is 24.5 Å². The van der Waals surface area contributed by atoms with Crippen LogP contribution in [0.3, 0.4) is 0 Å². The van der Waals surface area contributed by atoms with Gasteiger partial charge in [-0.3, -0.25) is 9.59 Å². The summed E-state index contributed by atoms with van der Waals surface area (Å²) in [5.74, 6) is -2.95. The number of Topliss-reactive ketones (excluding diaryl/α,β-unsaturated/α-hetero) is 1. The molecule has 0 saturated carbocycles. The van der Waals surface area contributed by atoms with Crippen molar-refractivity contribution in [3.05, 3.63) is 0 Å². The molecule has 1 amide bonds. The van der Waals surface area contributed by atoms with Gasteiger partial charge in [-0.25, -0.2) is 0 Å². The Bertz CT molecular complexity index is 544. The highest BCUT2D eigenvalue weighted by atomic mass is 16.5. The summed E-state index contributed by atoms with van der Waals surface area (Å²) in [6.07, 6.45) is 19.7. The van der Waals surface area contributed by atoms with Crippen molar-refractivity contribution < 1.29 is 29.7 Å². The van der Waals surface area contributed by atoms with Crippen LogP contribution in [0.1, 0.15) is 142 Å². The van der Waals surface area contributed by atoms with Crippen LogP contribution in [0, 0.1) is 0 Å². The largest absolute Gasteiger partial charge is 0.481 e. The lowest BCUT2D eigenvalue weighted by molar-refractivity contribution is -0.173. The monoisotopic (exact) mass is 485 g/mol. The van der Waals surface area contributed by atoms with E-state index in [9.17, 15) is 24.6 Å². The molecule has 34 heavy (non-hydrogen) atoms. The minimum Gasteiger partial charge on any atom is -0.481 e. The van der Waals surface area contributed by atoms with Gasteiger partial charge in [0.25, 0.3) is 0 Å². The Morgan fingerprint density at radius 3 is 1.32 bits per heavy atom. The van der Waals surface area contributed by atoms with Gasteiger partial charge in [0.2, 0.25) is 5.91 Å². The number of hydrogen-bond acceptors (Lipinski definition) is 5. The molecule has 0 aromatic carbocycles. The van der Waals surface area contributed by atoms with Gasteiger partial charge in [0.15, 0.2) is 5.79 Å². The molecule has 0 aliphatic heterocycles. The predicted octanol–water partition coefficient (Wildman–Crippen LogP) is 5.65. The summed E-state index contributed by atoms with van der Waals surface area (Å²) in [5.41, 5.74) is 0. The van der Waals surface area contributed by atoms with Gasteiger partial charge in [0, 0.05) is 19.3 Å². The lowest BCUT2D eigenvalue weighted by Crippen LogP contribution is -2.51. The zero-order valence-corrected chi connectivity index (χ0v) is 21.8. The van der Waals surface area contributed by atoms with Crippen molar-refractivity contribution in [3.63, 3.8) is 0 Å². The SMILES string of the molecule is CC(=O)CC[C@H](NC(=O)CCCCCCCCCCCCCCCCCCC(=O)O)C(C)(O)O. The Morgan fingerprint density at radius 2 is 1.00 bits per heavy atom. The number of amides is 1. The highest BCUT2D eigenvalue weighted by Crippen LogP contribution is 2.15. The molecular weight excluding hydrogens is 434 g/mol. The number of aliphatic hydroxyl groups is 2. The summed E-state index contributed by atoms with van der Waals surface area (Å²) >= 11 is 0. The summed E-state index contributed by atoms with van der Waals surface area (Å²) in [4.78, 5) is 33.7. The van der Waals surface area contributed by atoms with E-state index in [0.717, 1.165) is 38.5 Å². The normalized spacial score (nSPS) is 12.5. The molecule has 0 aliphatic rings. The highest BCUT2D eigenvalue weighted by molar-refractivity contribution is 5.77. The summed E-state index contributed by atoms with van der Waals surface area (Å²) in [7, 11) is 0. The van der Waals surface area contributed by atoms with Gasteiger partial charge in [0.05, 0.1) is 6.04 Å². The molecule has 200 valence electrons. The van der Waals surface area contributed by atoms with Gasteiger partial charge in [-0.1, -0.05) is 89.9 Å². The molecule has 0 heterocycles. The standard InChI is InChI=1S/C27H51NO6/c1-23(29)21-22-24(27(2,33)34)28-25(30)19-17-15-13-11-9-7-5-3-4-6-8-10-12-14-16-18-20-26(31)32/h24,33-34H,3-22H2,1-2H3,(H,28,30)(H,31,32)/t24-/m0/s1. The Balaban J connectivity index is 3.47. The Kier molecular flexibility index (Phi) is 20.0. The Morgan fingerprint density at radius 1 is 0.647 bits per heavy atom. The lowest BCUT2D eigenvalue weighted by Gasteiger charge is -2.28. The molecule has 0 fully saturated rings. The van der Waals surface area contributed by atoms with Crippen LogP contribution < -0.4 is 5.32 Å². The molecule has 7 nitrogen and oxygen atoms in total. The lowest BCUT2D eigenvalue weighted by atomic mass is 10.0. The van der Waals surface area contributed by atoms with Crippen LogP contribution in [0.15, 0.2) is 0 Å². The van der Waals surface area contributed by atoms with Crippen molar-refractivity contribution in [1.82, 2.24) is 5.32 Å². The maximum Gasteiger partial charge on any atom is 0.303 e. The number of carbonyl (C=O) groups is 3. The predicted molar refractivity (Wildman–Crippen MR) is 135 cm³/mol. The first-order valence-corrected chi connectivity index (χ1v) is 13.6. The molecule has 0 aromatic rings. The van der Waals surface area contributed by atoms with Crippen LogP contribution in [0.5, 0.6) is 0 Å². The van der Waals surface area contributed by atoms with Gasteiger partial charge in [-0.2, -0.15) is 0 Å². The molecule has 1 atom stereocenters. The van der Waals surface area contributed by atoms with Crippen molar-refractivity contribution in [2.24, 2.45) is 0 Å². The molecule has 4 N–H and O–H groups in total. The van der Waals surface area contributed by atoms with Crippen LogP contribution in [0.25, 0.3) is 0 Å². The average molecular weight is 486 g/mol. The van der Waals surface area contributed by atoms with E-state index in [1.165, 1.54) is 78.1 Å². The van der Waals surface area contributed by atoms with Crippen LogP contribution in [-0.2, 0) is 14.4 Å². The second-order valence-electron chi connectivity index (χ2n) is 10.0. The third kappa shape index (κ3) is 22.3. The molecular formula is C27H51NO6. The molecule has 0 aromatic heterocycles. The van der Waals surface area contributed by atoms with Crippen molar-refractivity contribution in [3.8, 4) is 0 Å². The minimum absolute atomic E-state index is 0.0400. The third-order valence-electron chi connectivity index (χ3n) is 6.32. The molecule has 0 rings (SSSR count). The van der Waals surface area contributed by atoms with Crippen LogP contribution in [0.2, 0.25) is 0 Å². The van der Waals surface area contributed by atoms with Gasteiger partial charge >= 0.3 is 5.97 Å². The number of aliphatic carboxylic acids is 1. The van der Waals surface area contributed by atoms with Crippen LogP contribution >= 0.6 is 0 Å².